The number of nitrogen functional groups attached to an aromatic ring is 1. The quantitative estimate of drug-likeness (QED) is 0.618. The van der Waals surface area contributed by atoms with Gasteiger partial charge in [-0.2, -0.15) is 0 Å². The van der Waals surface area contributed by atoms with Gasteiger partial charge in [-0.05, 0) is 10.2 Å². The van der Waals surface area contributed by atoms with Gasteiger partial charge in [-0.25, -0.2) is 15.0 Å². The second-order valence-electron chi connectivity index (χ2n) is 4.37. The van der Waals surface area contributed by atoms with E-state index in [0.29, 0.717) is 11.2 Å². The second kappa shape index (κ2) is 5.24. The molecule has 0 unspecified atom stereocenters. The van der Waals surface area contributed by atoms with Gasteiger partial charge in [-0.15, -0.1) is 0 Å². The van der Waals surface area contributed by atoms with Gasteiger partial charge in [0.2, 0.25) is 0 Å². The zero-order valence-corrected chi connectivity index (χ0v) is 12.3. The molecule has 4 atom stereocenters. The zero-order chi connectivity index (χ0) is 14.3. The lowest BCUT2D eigenvalue weighted by atomic mass is 10.1. The SMILES string of the molecule is Nc1ncnc2c1ncn2[C@@H]1O[C@H](/C=C\I)[C@@H](O)[C@H]1O. The number of hydrogen-bond donors (Lipinski definition) is 3. The average Bonchev–Trinajstić information content (AvgIpc) is 2.97. The molecule has 1 fully saturated rings. The van der Waals surface area contributed by atoms with Gasteiger partial charge in [0.25, 0.3) is 0 Å². The van der Waals surface area contributed by atoms with Crippen molar-refractivity contribution in [3.8, 4) is 0 Å². The number of fused-ring (bicyclic) bond motifs is 1. The maximum atomic E-state index is 10.1. The van der Waals surface area contributed by atoms with Crippen LogP contribution in [0.4, 0.5) is 5.82 Å². The Balaban J connectivity index is 2.02. The Labute approximate surface area is 127 Å². The van der Waals surface area contributed by atoms with Crippen LogP contribution in [0.1, 0.15) is 6.23 Å². The number of aliphatic hydroxyl groups is 2. The van der Waals surface area contributed by atoms with E-state index in [0.717, 1.165) is 0 Å². The summed E-state index contributed by atoms with van der Waals surface area (Å²) in [5.41, 5.74) is 6.60. The largest absolute Gasteiger partial charge is 0.387 e. The average molecular weight is 389 g/mol. The number of anilines is 1. The standard InChI is InChI=1S/C11H12IN5O3/c12-2-1-5-7(18)8(19)11(20-5)17-4-16-6-9(13)14-3-15-10(6)17/h1-5,7-8,11,18-19H,(H2,13,14,15)/b2-1-/t5-,7-,8-,11-/m1/s1. The number of aromatic nitrogens is 4. The summed E-state index contributed by atoms with van der Waals surface area (Å²) in [5, 5.41) is 20.1. The van der Waals surface area contributed by atoms with E-state index in [1.54, 1.807) is 14.7 Å². The molecule has 4 N–H and O–H groups in total. The van der Waals surface area contributed by atoms with E-state index in [2.05, 4.69) is 15.0 Å². The Bertz CT molecular complexity index is 661. The molecule has 1 aliphatic heterocycles. The molecule has 0 spiro atoms. The molecule has 3 heterocycles. The highest BCUT2D eigenvalue weighted by Crippen LogP contribution is 2.32. The number of halogens is 1. The van der Waals surface area contributed by atoms with Crippen LogP contribution >= 0.6 is 22.6 Å². The van der Waals surface area contributed by atoms with Crippen LogP contribution in [0.2, 0.25) is 0 Å². The highest BCUT2D eigenvalue weighted by atomic mass is 127. The first kappa shape index (κ1) is 13.7. The predicted molar refractivity (Wildman–Crippen MR) is 78.8 cm³/mol. The fourth-order valence-corrected chi connectivity index (χ4v) is 2.61. The smallest absolute Gasteiger partial charge is 0.167 e. The molecule has 3 rings (SSSR count). The summed E-state index contributed by atoms with van der Waals surface area (Å²) in [4.78, 5) is 12.1. The molecular weight excluding hydrogens is 377 g/mol. The molecule has 2 aromatic rings. The molecule has 1 saturated heterocycles. The molecule has 1 aliphatic rings. The summed E-state index contributed by atoms with van der Waals surface area (Å²) >= 11 is 2.02. The normalized spacial score (nSPS) is 30.6. The lowest BCUT2D eigenvalue weighted by Crippen LogP contribution is -2.30. The van der Waals surface area contributed by atoms with Crippen molar-refractivity contribution < 1.29 is 14.9 Å². The molecule has 0 amide bonds. The third kappa shape index (κ3) is 2.06. The number of imidazole rings is 1. The van der Waals surface area contributed by atoms with Gasteiger partial charge >= 0.3 is 0 Å². The Kier molecular flexibility index (Phi) is 3.58. The minimum Gasteiger partial charge on any atom is -0.387 e. The first-order chi connectivity index (χ1) is 9.63. The lowest BCUT2D eigenvalue weighted by molar-refractivity contribution is -0.0244. The van der Waals surface area contributed by atoms with Crippen molar-refractivity contribution in [3.63, 3.8) is 0 Å². The van der Waals surface area contributed by atoms with Crippen LogP contribution in [0.5, 0.6) is 0 Å². The van der Waals surface area contributed by atoms with Gasteiger partial charge in [0.1, 0.15) is 30.2 Å². The van der Waals surface area contributed by atoms with Gasteiger partial charge in [-0.3, -0.25) is 4.57 Å². The molecule has 0 bridgehead atoms. The van der Waals surface area contributed by atoms with Crippen LogP contribution in [-0.4, -0.2) is 48.0 Å². The van der Waals surface area contributed by atoms with E-state index in [-0.39, 0.29) is 5.82 Å². The number of rotatable bonds is 2. The summed E-state index contributed by atoms with van der Waals surface area (Å²) < 4.78 is 8.92. The van der Waals surface area contributed by atoms with E-state index in [4.69, 9.17) is 10.5 Å². The lowest BCUT2D eigenvalue weighted by Gasteiger charge is -2.16. The maximum Gasteiger partial charge on any atom is 0.167 e. The van der Waals surface area contributed by atoms with Gasteiger partial charge in [-0.1, -0.05) is 22.6 Å². The van der Waals surface area contributed by atoms with Crippen LogP contribution in [0.3, 0.4) is 0 Å². The van der Waals surface area contributed by atoms with Crippen LogP contribution in [0, 0.1) is 0 Å². The van der Waals surface area contributed by atoms with E-state index >= 15 is 0 Å². The molecule has 0 radical (unpaired) electrons. The molecular formula is C11H12IN5O3. The van der Waals surface area contributed by atoms with E-state index in [1.165, 1.54) is 12.7 Å². The third-order valence-corrected chi connectivity index (χ3v) is 3.61. The summed E-state index contributed by atoms with van der Waals surface area (Å²) in [7, 11) is 0. The number of hydrogen-bond acceptors (Lipinski definition) is 7. The van der Waals surface area contributed by atoms with Crippen LogP contribution < -0.4 is 5.73 Å². The van der Waals surface area contributed by atoms with Crippen molar-refractivity contribution in [2.24, 2.45) is 0 Å². The van der Waals surface area contributed by atoms with Crippen molar-refractivity contribution in [1.29, 1.82) is 0 Å². The topological polar surface area (TPSA) is 119 Å². The highest BCUT2D eigenvalue weighted by molar-refractivity contribution is 14.1. The Morgan fingerprint density at radius 1 is 1.30 bits per heavy atom. The summed E-state index contributed by atoms with van der Waals surface area (Å²) in [5.74, 6) is 0.255. The number of ether oxygens (including phenoxy) is 1. The van der Waals surface area contributed by atoms with Crippen LogP contribution in [0.15, 0.2) is 22.8 Å². The predicted octanol–water partition coefficient (Wildman–Crippen LogP) is -0.0236. The molecule has 0 aromatic carbocycles. The molecule has 2 aromatic heterocycles. The van der Waals surface area contributed by atoms with Crippen molar-refractivity contribution >= 4 is 39.6 Å². The highest BCUT2D eigenvalue weighted by Gasteiger charge is 2.43. The maximum absolute atomic E-state index is 10.1. The Morgan fingerprint density at radius 2 is 2.10 bits per heavy atom. The summed E-state index contributed by atoms with van der Waals surface area (Å²) in [6.45, 7) is 0. The van der Waals surface area contributed by atoms with Gasteiger partial charge in [0.15, 0.2) is 17.7 Å². The minimum absolute atomic E-state index is 0.255. The Hall–Kier alpha value is -1.30. The summed E-state index contributed by atoms with van der Waals surface area (Å²) in [6.07, 6.45) is 1.01. The fourth-order valence-electron chi connectivity index (χ4n) is 2.20. The molecule has 0 saturated carbocycles. The zero-order valence-electron chi connectivity index (χ0n) is 10.2. The molecule has 106 valence electrons. The third-order valence-electron chi connectivity index (χ3n) is 3.20. The van der Waals surface area contributed by atoms with Gasteiger partial charge < -0.3 is 20.7 Å². The molecule has 0 aliphatic carbocycles. The van der Waals surface area contributed by atoms with Gasteiger partial charge in [0, 0.05) is 0 Å². The summed E-state index contributed by atoms with van der Waals surface area (Å²) in [6, 6.07) is 0. The number of aliphatic hydroxyl groups excluding tert-OH is 2. The molecule has 8 nitrogen and oxygen atoms in total. The number of nitrogens with two attached hydrogens (primary N) is 1. The van der Waals surface area contributed by atoms with E-state index < -0.39 is 24.5 Å². The first-order valence-electron chi connectivity index (χ1n) is 5.85. The molecule has 9 heteroatoms. The first-order valence-corrected chi connectivity index (χ1v) is 7.09. The second-order valence-corrected chi connectivity index (χ2v) is 5.09. The van der Waals surface area contributed by atoms with Crippen molar-refractivity contribution in [2.45, 2.75) is 24.5 Å². The minimum atomic E-state index is -1.08. The van der Waals surface area contributed by atoms with Crippen molar-refractivity contribution in [3.05, 3.63) is 22.8 Å². The van der Waals surface area contributed by atoms with Crippen molar-refractivity contribution in [1.82, 2.24) is 19.5 Å². The van der Waals surface area contributed by atoms with Gasteiger partial charge in [0.05, 0.1) is 6.33 Å². The van der Waals surface area contributed by atoms with E-state index in [1.807, 2.05) is 22.6 Å². The van der Waals surface area contributed by atoms with Crippen molar-refractivity contribution in [2.75, 3.05) is 5.73 Å². The fraction of sp³-hybridized carbons (Fsp3) is 0.364. The Morgan fingerprint density at radius 3 is 2.85 bits per heavy atom. The van der Waals surface area contributed by atoms with E-state index in [9.17, 15) is 10.2 Å². The number of nitrogens with zero attached hydrogens (tertiary/aromatic N) is 4. The molecule has 20 heavy (non-hydrogen) atoms. The monoisotopic (exact) mass is 389 g/mol. The van der Waals surface area contributed by atoms with Crippen LogP contribution in [-0.2, 0) is 4.74 Å². The van der Waals surface area contributed by atoms with Crippen LogP contribution in [0.25, 0.3) is 11.2 Å².